The van der Waals surface area contributed by atoms with Gasteiger partial charge in [0.05, 0.1) is 11.3 Å². The minimum atomic E-state index is -0.473. The van der Waals surface area contributed by atoms with Crippen LogP contribution >= 0.6 is 0 Å². The molecule has 2 heterocycles. The highest BCUT2D eigenvalue weighted by atomic mass is 16.2. The molecule has 0 spiro atoms. The van der Waals surface area contributed by atoms with Gasteiger partial charge >= 0.3 is 0 Å². The van der Waals surface area contributed by atoms with Gasteiger partial charge in [0.25, 0.3) is 5.91 Å². The predicted octanol–water partition coefficient (Wildman–Crippen LogP) is -0.0796. The van der Waals surface area contributed by atoms with Crippen LogP contribution in [0.3, 0.4) is 0 Å². The van der Waals surface area contributed by atoms with E-state index in [1.807, 2.05) is 13.8 Å². The van der Waals surface area contributed by atoms with E-state index in [1.165, 1.54) is 11.1 Å². The average Bonchev–Trinajstić information content (AvgIpc) is 2.37. The lowest BCUT2D eigenvalue weighted by molar-refractivity contribution is -0.135. The van der Waals surface area contributed by atoms with Crippen molar-refractivity contribution in [3.63, 3.8) is 0 Å². The highest BCUT2D eigenvalue weighted by molar-refractivity contribution is 6.07. The summed E-state index contributed by atoms with van der Waals surface area (Å²) in [4.78, 5) is 40.4. The number of aromatic nitrogens is 1. The zero-order chi connectivity index (χ0) is 14.7. The van der Waals surface area contributed by atoms with Crippen molar-refractivity contribution < 1.29 is 14.4 Å². The number of hydrogen-bond donors (Lipinski definition) is 2. The molecule has 106 valence electrons. The summed E-state index contributed by atoms with van der Waals surface area (Å²) in [6.07, 6.45) is 1.46. The van der Waals surface area contributed by atoms with E-state index in [4.69, 9.17) is 0 Å². The molecule has 20 heavy (non-hydrogen) atoms. The van der Waals surface area contributed by atoms with Crippen LogP contribution in [0, 0.1) is 6.92 Å². The first-order valence-electron chi connectivity index (χ1n) is 6.33. The smallest absolute Gasteiger partial charge is 0.258 e. The summed E-state index contributed by atoms with van der Waals surface area (Å²) in [5.41, 5.74) is 1.80. The molecular weight excluding hydrogens is 260 g/mol. The Morgan fingerprint density at radius 2 is 2.05 bits per heavy atom. The van der Waals surface area contributed by atoms with Crippen molar-refractivity contribution in [3.8, 4) is 0 Å². The maximum Gasteiger partial charge on any atom is 0.258 e. The number of rotatable bonds is 3. The van der Waals surface area contributed by atoms with Gasteiger partial charge in [-0.25, -0.2) is 0 Å². The molecular formula is C13H16N4O3. The van der Waals surface area contributed by atoms with Gasteiger partial charge in [0, 0.05) is 18.4 Å². The first kappa shape index (κ1) is 14.0. The van der Waals surface area contributed by atoms with Crippen LogP contribution in [0.1, 0.15) is 23.0 Å². The van der Waals surface area contributed by atoms with Crippen LogP contribution in [0.4, 0.5) is 5.69 Å². The van der Waals surface area contributed by atoms with Crippen molar-refractivity contribution in [2.45, 2.75) is 13.8 Å². The Balaban J connectivity index is 2.28. The van der Waals surface area contributed by atoms with Crippen LogP contribution in [0.15, 0.2) is 12.3 Å². The second kappa shape index (κ2) is 5.68. The van der Waals surface area contributed by atoms with E-state index in [0.29, 0.717) is 17.8 Å². The van der Waals surface area contributed by atoms with E-state index in [-0.39, 0.29) is 19.0 Å². The van der Waals surface area contributed by atoms with Crippen LogP contribution in [0.2, 0.25) is 0 Å². The van der Waals surface area contributed by atoms with Gasteiger partial charge in [0.1, 0.15) is 13.1 Å². The van der Waals surface area contributed by atoms with Gasteiger partial charge in [-0.1, -0.05) is 0 Å². The number of nitrogens with one attached hydrogen (secondary N) is 2. The quantitative estimate of drug-likeness (QED) is 0.753. The van der Waals surface area contributed by atoms with E-state index in [9.17, 15) is 14.4 Å². The van der Waals surface area contributed by atoms with Crippen LogP contribution in [0.5, 0.6) is 0 Å². The molecule has 1 fully saturated rings. The van der Waals surface area contributed by atoms with Crippen LogP contribution in [-0.2, 0) is 9.59 Å². The maximum absolute atomic E-state index is 12.4. The van der Waals surface area contributed by atoms with Crippen molar-refractivity contribution >= 4 is 23.4 Å². The molecule has 2 rings (SSSR count). The number of carbonyl (C=O) groups excluding carboxylic acids is 3. The second-order valence-corrected chi connectivity index (χ2v) is 4.53. The van der Waals surface area contributed by atoms with Gasteiger partial charge in [0.2, 0.25) is 11.8 Å². The third-order valence-electron chi connectivity index (χ3n) is 2.87. The summed E-state index contributed by atoms with van der Waals surface area (Å²) in [6, 6.07) is 1.77. The number of carbonyl (C=O) groups is 3. The van der Waals surface area contributed by atoms with Crippen LogP contribution in [0.25, 0.3) is 0 Å². The van der Waals surface area contributed by atoms with E-state index in [2.05, 4.69) is 15.6 Å². The second-order valence-electron chi connectivity index (χ2n) is 4.53. The number of nitrogens with zero attached hydrogens (tertiary/aromatic N) is 2. The molecule has 0 atom stereocenters. The molecule has 0 unspecified atom stereocenters. The first-order chi connectivity index (χ1) is 9.51. The third kappa shape index (κ3) is 2.93. The lowest BCUT2D eigenvalue weighted by Crippen LogP contribution is -2.53. The summed E-state index contributed by atoms with van der Waals surface area (Å²) in [5, 5.41) is 5.25. The summed E-state index contributed by atoms with van der Waals surface area (Å²) < 4.78 is 0. The summed E-state index contributed by atoms with van der Waals surface area (Å²) >= 11 is 0. The van der Waals surface area contributed by atoms with Crippen molar-refractivity contribution in [2.24, 2.45) is 0 Å². The molecule has 0 aliphatic carbocycles. The van der Waals surface area contributed by atoms with Gasteiger partial charge in [-0.2, -0.15) is 0 Å². The highest BCUT2D eigenvalue weighted by Gasteiger charge is 2.28. The Bertz CT molecular complexity index is 555. The summed E-state index contributed by atoms with van der Waals surface area (Å²) in [5.74, 6) is -1.32. The molecule has 2 N–H and O–H groups in total. The van der Waals surface area contributed by atoms with Gasteiger partial charge < -0.3 is 10.2 Å². The molecule has 1 aromatic heterocycles. The first-order valence-corrected chi connectivity index (χ1v) is 6.33. The Hall–Kier alpha value is -2.44. The molecule has 7 nitrogen and oxygen atoms in total. The zero-order valence-corrected chi connectivity index (χ0v) is 11.4. The number of imide groups is 1. The number of aryl methyl sites for hydroxylation is 1. The predicted molar refractivity (Wildman–Crippen MR) is 72.2 cm³/mol. The van der Waals surface area contributed by atoms with Gasteiger partial charge in [-0.3, -0.25) is 24.7 Å². The number of pyridine rings is 1. The molecule has 1 saturated heterocycles. The molecule has 0 aromatic carbocycles. The Morgan fingerprint density at radius 3 is 2.65 bits per heavy atom. The zero-order valence-electron chi connectivity index (χ0n) is 11.4. The fourth-order valence-electron chi connectivity index (χ4n) is 2.02. The summed E-state index contributed by atoms with van der Waals surface area (Å²) in [7, 11) is 0. The van der Waals surface area contributed by atoms with E-state index >= 15 is 0 Å². The lowest BCUT2D eigenvalue weighted by Gasteiger charge is -2.26. The minimum Gasteiger partial charge on any atom is -0.385 e. The Labute approximate surface area is 116 Å². The molecule has 0 saturated carbocycles. The molecule has 3 amide bonds. The van der Waals surface area contributed by atoms with Crippen molar-refractivity contribution in [1.82, 2.24) is 15.2 Å². The van der Waals surface area contributed by atoms with E-state index in [1.54, 1.807) is 6.07 Å². The fraction of sp³-hybridized carbons (Fsp3) is 0.385. The normalized spacial score (nSPS) is 15.0. The molecule has 1 aliphatic heterocycles. The third-order valence-corrected chi connectivity index (χ3v) is 2.87. The number of anilines is 1. The Morgan fingerprint density at radius 1 is 1.40 bits per heavy atom. The number of hydrogen-bond acceptors (Lipinski definition) is 5. The van der Waals surface area contributed by atoms with E-state index < -0.39 is 11.8 Å². The maximum atomic E-state index is 12.4. The standard InChI is InChI=1S/C13H16N4O3/c1-3-14-10-4-8(2)15-5-9(10)13(20)17-6-11(18)16-12(19)7-17/h4-5H,3,6-7H2,1-2H3,(H,14,15)(H,16,18,19). The van der Waals surface area contributed by atoms with Crippen molar-refractivity contribution in [3.05, 3.63) is 23.5 Å². The molecule has 7 heteroatoms. The van der Waals surface area contributed by atoms with Crippen LogP contribution in [-0.4, -0.2) is 47.2 Å². The fourth-order valence-corrected chi connectivity index (χ4v) is 2.02. The van der Waals surface area contributed by atoms with Gasteiger partial charge in [-0.05, 0) is 19.9 Å². The Kier molecular flexibility index (Phi) is 3.97. The number of piperazine rings is 1. The molecule has 1 aromatic rings. The highest BCUT2D eigenvalue weighted by Crippen LogP contribution is 2.18. The molecule has 1 aliphatic rings. The number of amides is 3. The largest absolute Gasteiger partial charge is 0.385 e. The van der Waals surface area contributed by atoms with Crippen molar-refractivity contribution in [2.75, 3.05) is 25.0 Å². The van der Waals surface area contributed by atoms with Crippen molar-refractivity contribution in [1.29, 1.82) is 0 Å². The van der Waals surface area contributed by atoms with Gasteiger partial charge in [-0.15, -0.1) is 0 Å². The monoisotopic (exact) mass is 276 g/mol. The van der Waals surface area contributed by atoms with Gasteiger partial charge in [0.15, 0.2) is 0 Å². The average molecular weight is 276 g/mol. The van der Waals surface area contributed by atoms with E-state index in [0.717, 1.165) is 5.69 Å². The minimum absolute atomic E-state index is 0.121. The SMILES string of the molecule is CCNc1cc(C)ncc1C(=O)N1CC(=O)NC(=O)C1. The lowest BCUT2D eigenvalue weighted by atomic mass is 10.1. The van der Waals surface area contributed by atoms with Crippen LogP contribution < -0.4 is 10.6 Å². The molecule has 0 bridgehead atoms. The molecule has 0 radical (unpaired) electrons. The topological polar surface area (TPSA) is 91.4 Å². The summed E-state index contributed by atoms with van der Waals surface area (Å²) in [6.45, 7) is 4.16.